The number of rotatable bonds is 3. The van der Waals surface area contributed by atoms with E-state index in [0.717, 1.165) is 5.69 Å². The van der Waals surface area contributed by atoms with E-state index >= 15 is 0 Å². The Morgan fingerprint density at radius 1 is 1.50 bits per heavy atom. The van der Waals surface area contributed by atoms with Crippen LogP contribution in [0.4, 0.5) is 5.69 Å². The molecule has 0 aliphatic heterocycles. The molecule has 18 heavy (non-hydrogen) atoms. The Morgan fingerprint density at radius 3 is 2.83 bits per heavy atom. The van der Waals surface area contributed by atoms with E-state index in [4.69, 9.17) is 27.2 Å². The van der Waals surface area contributed by atoms with E-state index in [1.54, 1.807) is 32.2 Å². The smallest absolute Gasteiger partial charge is 0.261 e. The lowest BCUT2D eigenvalue weighted by Gasteiger charge is -2.08. The summed E-state index contributed by atoms with van der Waals surface area (Å²) in [7, 11) is 1.56. The largest absolute Gasteiger partial charge is 0.496 e. The molecule has 0 saturated carbocycles. The second kappa shape index (κ2) is 5.01. The number of nitrogens with zero attached hydrogens (tertiary/aromatic N) is 2. The number of benzene rings is 1. The Kier molecular flexibility index (Phi) is 3.42. The first-order chi connectivity index (χ1) is 8.60. The van der Waals surface area contributed by atoms with Gasteiger partial charge in [0.2, 0.25) is 0 Å². The molecule has 0 fully saturated rings. The van der Waals surface area contributed by atoms with Crippen molar-refractivity contribution in [2.75, 3.05) is 12.4 Å². The molecule has 0 amide bonds. The Bertz CT molecular complexity index is 582. The molecule has 3 N–H and O–H groups in total. The van der Waals surface area contributed by atoms with Crippen molar-refractivity contribution in [3.8, 4) is 17.2 Å². The summed E-state index contributed by atoms with van der Waals surface area (Å²) in [6, 6.07) is 5.36. The van der Waals surface area contributed by atoms with Crippen molar-refractivity contribution in [1.29, 1.82) is 0 Å². The lowest BCUT2D eigenvalue weighted by Crippen LogP contribution is -2.18. The van der Waals surface area contributed by atoms with Gasteiger partial charge in [0.05, 0.1) is 12.7 Å². The highest BCUT2D eigenvalue weighted by molar-refractivity contribution is 7.80. The first-order valence-corrected chi connectivity index (χ1v) is 5.56. The molecule has 1 aromatic heterocycles. The second-order valence-electron chi connectivity index (χ2n) is 3.55. The molecule has 0 radical (unpaired) electrons. The van der Waals surface area contributed by atoms with Crippen LogP contribution in [-0.2, 0) is 0 Å². The molecule has 6 nitrogen and oxygen atoms in total. The molecule has 1 heterocycles. The summed E-state index contributed by atoms with van der Waals surface area (Å²) in [5.74, 6) is 1.57. The van der Waals surface area contributed by atoms with Gasteiger partial charge in [-0.15, -0.1) is 0 Å². The predicted molar refractivity (Wildman–Crippen MR) is 71.4 cm³/mol. The van der Waals surface area contributed by atoms with Crippen molar-refractivity contribution < 1.29 is 9.26 Å². The number of nitrogens with two attached hydrogens (primary N) is 1. The van der Waals surface area contributed by atoms with Gasteiger partial charge in [0.25, 0.3) is 5.89 Å². The fourth-order valence-corrected chi connectivity index (χ4v) is 1.61. The third kappa shape index (κ3) is 2.57. The molecule has 0 bridgehead atoms. The Labute approximate surface area is 109 Å². The van der Waals surface area contributed by atoms with Crippen LogP contribution in [0, 0.1) is 6.92 Å². The molecule has 1 aromatic carbocycles. The number of aromatic nitrogens is 2. The quantitative estimate of drug-likeness (QED) is 0.816. The van der Waals surface area contributed by atoms with Crippen LogP contribution in [0.5, 0.6) is 5.75 Å². The van der Waals surface area contributed by atoms with Crippen LogP contribution in [0.2, 0.25) is 0 Å². The predicted octanol–water partition coefficient (Wildman–Crippen LogP) is 1.71. The zero-order valence-electron chi connectivity index (χ0n) is 9.93. The molecule has 2 aromatic rings. The molecule has 2 rings (SSSR count). The van der Waals surface area contributed by atoms with E-state index in [0.29, 0.717) is 23.0 Å². The fourth-order valence-electron chi connectivity index (χ4n) is 1.49. The summed E-state index contributed by atoms with van der Waals surface area (Å²) in [5, 5.41) is 6.76. The van der Waals surface area contributed by atoms with Gasteiger partial charge in [-0.3, -0.25) is 0 Å². The average molecular weight is 264 g/mol. The van der Waals surface area contributed by atoms with Gasteiger partial charge in [-0.2, -0.15) is 4.98 Å². The van der Waals surface area contributed by atoms with Crippen molar-refractivity contribution >= 4 is 23.0 Å². The van der Waals surface area contributed by atoms with E-state index in [1.807, 2.05) is 0 Å². The van der Waals surface area contributed by atoms with E-state index in [2.05, 4.69) is 15.5 Å². The first-order valence-electron chi connectivity index (χ1n) is 5.15. The Balaban J connectivity index is 2.40. The van der Waals surface area contributed by atoms with E-state index in [-0.39, 0.29) is 5.11 Å². The van der Waals surface area contributed by atoms with Gasteiger partial charge in [-0.25, -0.2) is 0 Å². The number of aryl methyl sites for hydroxylation is 1. The second-order valence-corrected chi connectivity index (χ2v) is 3.99. The molecule has 0 saturated heterocycles. The lowest BCUT2D eigenvalue weighted by molar-refractivity contribution is 0.404. The monoisotopic (exact) mass is 264 g/mol. The van der Waals surface area contributed by atoms with Gasteiger partial charge >= 0.3 is 0 Å². The van der Waals surface area contributed by atoms with Crippen molar-refractivity contribution in [3.05, 3.63) is 24.0 Å². The number of hydrogen-bond acceptors (Lipinski definition) is 5. The van der Waals surface area contributed by atoms with Gasteiger partial charge in [0.15, 0.2) is 10.9 Å². The summed E-state index contributed by atoms with van der Waals surface area (Å²) >= 11 is 4.77. The van der Waals surface area contributed by atoms with E-state index in [9.17, 15) is 0 Å². The topological polar surface area (TPSA) is 86.2 Å². The molecule has 0 atom stereocenters. The van der Waals surface area contributed by atoms with Crippen LogP contribution < -0.4 is 15.8 Å². The maximum atomic E-state index is 5.41. The summed E-state index contributed by atoms with van der Waals surface area (Å²) < 4.78 is 10.4. The average Bonchev–Trinajstić information content (AvgIpc) is 2.74. The third-order valence-corrected chi connectivity index (χ3v) is 2.33. The summed E-state index contributed by atoms with van der Waals surface area (Å²) in [6.45, 7) is 1.75. The summed E-state index contributed by atoms with van der Waals surface area (Å²) in [6.07, 6.45) is 0. The number of anilines is 1. The maximum Gasteiger partial charge on any atom is 0.261 e. The Hall–Kier alpha value is -2.15. The van der Waals surface area contributed by atoms with Crippen molar-refractivity contribution in [1.82, 2.24) is 10.1 Å². The minimum atomic E-state index is 0.193. The molecular weight excluding hydrogens is 252 g/mol. The van der Waals surface area contributed by atoms with Crippen LogP contribution >= 0.6 is 12.2 Å². The zero-order chi connectivity index (χ0) is 13.1. The molecule has 0 unspecified atom stereocenters. The van der Waals surface area contributed by atoms with Gasteiger partial charge in [-0.1, -0.05) is 5.16 Å². The molecule has 7 heteroatoms. The van der Waals surface area contributed by atoms with Crippen LogP contribution in [-0.4, -0.2) is 22.4 Å². The van der Waals surface area contributed by atoms with E-state index in [1.165, 1.54) is 0 Å². The molecule has 0 spiro atoms. The minimum Gasteiger partial charge on any atom is -0.496 e. The maximum absolute atomic E-state index is 5.41. The van der Waals surface area contributed by atoms with Crippen molar-refractivity contribution in [2.45, 2.75) is 6.92 Å². The highest BCUT2D eigenvalue weighted by Gasteiger charge is 2.13. The number of thiocarbonyl (C=S) groups is 1. The number of ether oxygens (including phenoxy) is 1. The van der Waals surface area contributed by atoms with Gasteiger partial charge < -0.3 is 20.3 Å². The van der Waals surface area contributed by atoms with E-state index < -0.39 is 0 Å². The van der Waals surface area contributed by atoms with Crippen molar-refractivity contribution in [3.63, 3.8) is 0 Å². The summed E-state index contributed by atoms with van der Waals surface area (Å²) in [5.41, 5.74) is 6.86. The first kappa shape index (κ1) is 12.3. The van der Waals surface area contributed by atoms with Gasteiger partial charge in [-0.05, 0) is 31.3 Å². The number of hydrogen-bond donors (Lipinski definition) is 2. The fraction of sp³-hybridized carbons (Fsp3) is 0.182. The third-order valence-electron chi connectivity index (χ3n) is 2.23. The SMILES string of the molecule is COc1cc(NC(N)=S)ccc1-c1nc(C)no1. The molecule has 94 valence electrons. The van der Waals surface area contributed by atoms with Crippen LogP contribution in [0.1, 0.15) is 5.82 Å². The number of methoxy groups -OCH3 is 1. The van der Waals surface area contributed by atoms with Crippen LogP contribution in [0.15, 0.2) is 22.7 Å². The highest BCUT2D eigenvalue weighted by atomic mass is 32.1. The standard InChI is InChI=1S/C11H12N4O2S/c1-6-13-10(17-15-6)8-4-3-7(14-11(12)18)5-9(8)16-2/h3-5H,1-2H3,(H3,12,14,18). The normalized spacial score (nSPS) is 10.1. The van der Waals surface area contributed by atoms with Crippen LogP contribution in [0.25, 0.3) is 11.5 Å². The molecule has 0 aliphatic carbocycles. The zero-order valence-corrected chi connectivity index (χ0v) is 10.7. The van der Waals surface area contributed by atoms with Crippen LogP contribution in [0.3, 0.4) is 0 Å². The lowest BCUT2D eigenvalue weighted by atomic mass is 10.2. The molecule has 0 aliphatic rings. The van der Waals surface area contributed by atoms with Crippen molar-refractivity contribution in [2.24, 2.45) is 5.73 Å². The van der Waals surface area contributed by atoms with Gasteiger partial charge in [0, 0.05) is 11.8 Å². The molecular formula is C11H12N4O2S. The highest BCUT2D eigenvalue weighted by Crippen LogP contribution is 2.31. The summed E-state index contributed by atoms with van der Waals surface area (Å²) in [4.78, 5) is 4.15. The number of nitrogens with one attached hydrogen (secondary N) is 1. The van der Waals surface area contributed by atoms with Gasteiger partial charge in [0.1, 0.15) is 5.75 Å². The minimum absolute atomic E-state index is 0.193. The Morgan fingerprint density at radius 2 is 2.28 bits per heavy atom.